The van der Waals surface area contributed by atoms with Crippen LogP contribution in [0.4, 0.5) is 17.5 Å². The van der Waals surface area contributed by atoms with Gasteiger partial charge in [-0.3, -0.25) is 4.90 Å². The zero-order valence-electron chi connectivity index (χ0n) is 22.0. The van der Waals surface area contributed by atoms with E-state index in [0.29, 0.717) is 35.1 Å². The third-order valence-corrected chi connectivity index (χ3v) is 7.46. The van der Waals surface area contributed by atoms with Gasteiger partial charge in [-0.15, -0.1) is 0 Å². The SMILES string of the molecule is Cc1cc(C)c2oc(Nc3ccc(-c4nn(C5CCCN(C(CO)CO)C5)c5ncnc(N)c45)cc3)nc2c1. The van der Waals surface area contributed by atoms with Gasteiger partial charge in [-0.2, -0.15) is 10.1 Å². The van der Waals surface area contributed by atoms with Crippen molar-refractivity contribution in [3.8, 4) is 11.3 Å². The van der Waals surface area contributed by atoms with Crippen LogP contribution >= 0.6 is 0 Å². The van der Waals surface area contributed by atoms with Crippen molar-refractivity contribution in [2.75, 3.05) is 37.4 Å². The molecule has 5 aromatic rings. The molecular weight excluding hydrogens is 496 g/mol. The molecule has 1 atom stereocenters. The van der Waals surface area contributed by atoms with Crippen LogP contribution < -0.4 is 11.1 Å². The molecule has 0 spiro atoms. The van der Waals surface area contributed by atoms with Gasteiger partial charge in [0, 0.05) is 17.8 Å². The van der Waals surface area contributed by atoms with Gasteiger partial charge in [-0.1, -0.05) is 18.2 Å². The number of nitrogens with two attached hydrogens (primary N) is 1. The number of benzene rings is 2. The summed E-state index contributed by atoms with van der Waals surface area (Å²) in [7, 11) is 0. The molecule has 1 unspecified atom stereocenters. The van der Waals surface area contributed by atoms with Gasteiger partial charge in [-0.25, -0.2) is 14.6 Å². The number of aliphatic hydroxyl groups excluding tert-OH is 2. The number of nitrogens with one attached hydrogen (secondary N) is 1. The van der Waals surface area contributed by atoms with Crippen LogP contribution in [0.1, 0.15) is 30.0 Å². The van der Waals surface area contributed by atoms with E-state index in [9.17, 15) is 10.2 Å². The van der Waals surface area contributed by atoms with E-state index >= 15 is 0 Å². The number of aryl methyl sites for hydroxylation is 2. The lowest BCUT2D eigenvalue weighted by Crippen LogP contribution is -2.46. The van der Waals surface area contributed by atoms with Gasteiger partial charge in [0.1, 0.15) is 23.4 Å². The van der Waals surface area contributed by atoms with Crippen LogP contribution in [0.2, 0.25) is 0 Å². The van der Waals surface area contributed by atoms with Crippen LogP contribution in [0.3, 0.4) is 0 Å². The van der Waals surface area contributed by atoms with E-state index in [4.69, 9.17) is 15.2 Å². The summed E-state index contributed by atoms with van der Waals surface area (Å²) in [6.45, 7) is 5.35. The Kier molecular flexibility index (Phi) is 6.63. The second-order valence-corrected chi connectivity index (χ2v) is 10.2. The number of piperidine rings is 1. The minimum absolute atomic E-state index is 0.0251. The maximum atomic E-state index is 9.70. The number of fused-ring (bicyclic) bond motifs is 2. The van der Waals surface area contributed by atoms with Crippen LogP contribution in [-0.4, -0.2) is 72.2 Å². The summed E-state index contributed by atoms with van der Waals surface area (Å²) in [5.41, 5.74) is 13.2. The van der Waals surface area contributed by atoms with Gasteiger partial charge in [0.15, 0.2) is 11.2 Å². The number of nitrogen functional groups attached to an aromatic ring is 1. The fourth-order valence-electron chi connectivity index (χ4n) is 5.52. The molecule has 11 nitrogen and oxygen atoms in total. The highest BCUT2D eigenvalue weighted by atomic mass is 16.4. The number of rotatable bonds is 7. The predicted octanol–water partition coefficient (Wildman–Crippen LogP) is 3.57. The van der Waals surface area contributed by atoms with Gasteiger partial charge >= 0.3 is 0 Å². The summed E-state index contributed by atoms with van der Waals surface area (Å²) >= 11 is 0. The average molecular weight is 529 g/mol. The highest BCUT2D eigenvalue weighted by Gasteiger charge is 2.29. The molecule has 0 radical (unpaired) electrons. The lowest BCUT2D eigenvalue weighted by atomic mass is 10.0. The topological polar surface area (TPSA) is 151 Å². The summed E-state index contributed by atoms with van der Waals surface area (Å²) in [5, 5.41) is 28.3. The lowest BCUT2D eigenvalue weighted by Gasteiger charge is -2.36. The highest BCUT2D eigenvalue weighted by molar-refractivity contribution is 5.98. The number of nitrogens with zero attached hydrogens (tertiary/aromatic N) is 6. The van der Waals surface area contributed by atoms with E-state index in [1.165, 1.54) is 6.33 Å². The Morgan fingerprint density at radius 3 is 2.69 bits per heavy atom. The van der Waals surface area contributed by atoms with Crippen molar-refractivity contribution in [2.45, 2.75) is 38.8 Å². The molecule has 6 rings (SSSR count). The number of aromatic nitrogens is 5. The third kappa shape index (κ3) is 4.69. The number of aliphatic hydroxyl groups is 2. The van der Waals surface area contributed by atoms with Crippen molar-refractivity contribution in [3.63, 3.8) is 0 Å². The number of hydrogen-bond donors (Lipinski definition) is 4. The fraction of sp³-hybridized carbons (Fsp3) is 0.357. The molecule has 5 N–H and O–H groups in total. The molecule has 0 aliphatic carbocycles. The van der Waals surface area contributed by atoms with Crippen LogP contribution in [0.25, 0.3) is 33.4 Å². The molecule has 1 aliphatic heterocycles. The summed E-state index contributed by atoms with van der Waals surface area (Å²) in [5.74, 6) is 0.372. The van der Waals surface area contributed by atoms with Crippen molar-refractivity contribution in [3.05, 3.63) is 53.9 Å². The van der Waals surface area contributed by atoms with Crippen LogP contribution in [0.15, 0.2) is 47.1 Å². The van der Waals surface area contributed by atoms with Gasteiger partial charge in [-0.05, 0) is 62.6 Å². The maximum Gasteiger partial charge on any atom is 0.300 e. The zero-order valence-corrected chi connectivity index (χ0v) is 22.0. The minimum atomic E-state index is -0.289. The van der Waals surface area contributed by atoms with E-state index in [2.05, 4.69) is 31.2 Å². The van der Waals surface area contributed by atoms with Gasteiger partial charge < -0.3 is 25.7 Å². The smallest absolute Gasteiger partial charge is 0.300 e. The Morgan fingerprint density at radius 1 is 1.13 bits per heavy atom. The van der Waals surface area contributed by atoms with E-state index in [1.54, 1.807) is 0 Å². The van der Waals surface area contributed by atoms with E-state index < -0.39 is 0 Å². The van der Waals surface area contributed by atoms with E-state index in [0.717, 1.165) is 52.9 Å². The maximum absolute atomic E-state index is 9.70. The molecule has 0 saturated carbocycles. The molecule has 0 amide bonds. The Hall–Kier alpha value is -4.06. The minimum Gasteiger partial charge on any atom is -0.423 e. The zero-order chi connectivity index (χ0) is 27.1. The molecule has 3 aromatic heterocycles. The highest BCUT2D eigenvalue weighted by Crippen LogP contribution is 2.35. The normalized spacial score (nSPS) is 16.5. The van der Waals surface area contributed by atoms with Gasteiger partial charge in [0.05, 0.1) is 30.7 Å². The average Bonchev–Trinajstić information content (AvgIpc) is 3.52. The number of hydrogen-bond acceptors (Lipinski definition) is 10. The molecule has 1 saturated heterocycles. The lowest BCUT2D eigenvalue weighted by molar-refractivity contribution is 0.0449. The fourth-order valence-corrected chi connectivity index (χ4v) is 5.52. The second-order valence-electron chi connectivity index (χ2n) is 10.2. The first-order chi connectivity index (χ1) is 18.9. The summed E-state index contributed by atoms with van der Waals surface area (Å²) < 4.78 is 7.88. The molecule has 1 aliphatic rings. The summed E-state index contributed by atoms with van der Waals surface area (Å²) in [4.78, 5) is 15.5. The molecule has 4 heterocycles. The van der Waals surface area contributed by atoms with Crippen molar-refractivity contribution in [1.82, 2.24) is 29.6 Å². The first-order valence-corrected chi connectivity index (χ1v) is 13.1. The van der Waals surface area contributed by atoms with Crippen molar-refractivity contribution in [1.29, 1.82) is 0 Å². The van der Waals surface area contributed by atoms with Gasteiger partial charge in [0.25, 0.3) is 6.01 Å². The van der Waals surface area contributed by atoms with Crippen LogP contribution in [-0.2, 0) is 0 Å². The molecule has 1 fully saturated rings. The quantitative estimate of drug-likeness (QED) is 0.247. The molecular formula is C28H32N8O3. The standard InChI is InChI=1S/C28H32N8O3/c1-16-10-17(2)25-22(11-16)33-28(39-25)32-19-7-5-18(6-8-19)24-23-26(29)30-15-31-27(23)36(34-24)20-4-3-9-35(12-20)21(13-37)14-38/h5-8,10-11,15,20-21,37-38H,3-4,9,12-14H2,1-2H3,(H,32,33)(H2,29,30,31). The van der Waals surface area contributed by atoms with Crippen LogP contribution in [0.5, 0.6) is 0 Å². The number of anilines is 3. The molecule has 0 bridgehead atoms. The Labute approximate surface area is 225 Å². The first kappa shape index (κ1) is 25.2. The van der Waals surface area contributed by atoms with Crippen molar-refractivity contribution < 1.29 is 14.6 Å². The van der Waals surface area contributed by atoms with E-state index in [-0.39, 0.29) is 25.3 Å². The predicted molar refractivity (Wildman–Crippen MR) is 150 cm³/mol. The van der Waals surface area contributed by atoms with E-state index in [1.807, 2.05) is 48.9 Å². The molecule has 2 aromatic carbocycles. The first-order valence-electron chi connectivity index (χ1n) is 13.1. The molecule has 11 heteroatoms. The number of likely N-dealkylation sites (tertiary alicyclic amines) is 1. The molecule has 39 heavy (non-hydrogen) atoms. The monoisotopic (exact) mass is 528 g/mol. The Morgan fingerprint density at radius 2 is 1.92 bits per heavy atom. The van der Waals surface area contributed by atoms with Gasteiger partial charge in [0.2, 0.25) is 0 Å². The summed E-state index contributed by atoms with van der Waals surface area (Å²) in [6, 6.07) is 12.1. The molecule has 202 valence electrons. The number of oxazole rings is 1. The Bertz CT molecular complexity index is 1620. The Balaban J connectivity index is 1.30. The van der Waals surface area contributed by atoms with Crippen molar-refractivity contribution in [2.24, 2.45) is 0 Å². The second kappa shape index (κ2) is 10.3. The van der Waals surface area contributed by atoms with Crippen LogP contribution in [0, 0.1) is 13.8 Å². The summed E-state index contributed by atoms with van der Waals surface area (Å²) in [6.07, 6.45) is 3.29. The largest absolute Gasteiger partial charge is 0.423 e. The third-order valence-electron chi connectivity index (χ3n) is 7.46. The van der Waals surface area contributed by atoms with Crippen molar-refractivity contribution >= 4 is 39.7 Å².